The molecule has 0 aromatic heterocycles. The second kappa shape index (κ2) is 7.84. The molecule has 0 aliphatic carbocycles. The lowest BCUT2D eigenvalue weighted by Gasteiger charge is -2.17. The third kappa shape index (κ3) is 7.54. The first-order valence-corrected chi connectivity index (χ1v) is 4.88. The Labute approximate surface area is 89.9 Å². The maximum absolute atomic E-state index is 10.8. The summed E-state index contributed by atoms with van der Waals surface area (Å²) < 4.78 is 4.44. The van der Waals surface area contributed by atoms with Crippen LogP contribution in [0, 0.1) is 0 Å². The number of nitrogens with zero attached hydrogens (tertiary/aromatic N) is 1. The number of ether oxygens (including phenoxy) is 1. The molecule has 0 aliphatic rings. The quantitative estimate of drug-likeness (QED) is 0.487. The highest BCUT2D eigenvalue weighted by Crippen LogP contribution is 1.96. The van der Waals surface area contributed by atoms with Crippen LogP contribution >= 0.6 is 0 Å². The van der Waals surface area contributed by atoms with Crippen LogP contribution in [0.25, 0.3) is 0 Å². The summed E-state index contributed by atoms with van der Waals surface area (Å²) >= 11 is 0. The van der Waals surface area contributed by atoms with Crippen molar-refractivity contribution in [1.82, 2.24) is 4.90 Å². The van der Waals surface area contributed by atoms with Gasteiger partial charge >= 0.3 is 5.97 Å². The summed E-state index contributed by atoms with van der Waals surface area (Å²) in [5.41, 5.74) is 5.07. The van der Waals surface area contributed by atoms with Crippen molar-refractivity contribution < 1.29 is 14.3 Å². The van der Waals surface area contributed by atoms with Gasteiger partial charge in [0.25, 0.3) is 0 Å². The molecule has 0 atom stereocenters. The van der Waals surface area contributed by atoms with Crippen LogP contribution in [0.5, 0.6) is 0 Å². The van der Waals surface area contributed by atoms with Gasteiger partial charge in [0.1, 0.15) is 0 Å². The highest BCUT2D eigenvalue weighted by atomic mass is 16.5. The summed E-state index contributed by atoms with van der Waals surface area (Å²) in [6, 6.07) is 0. The number of amides is 1. The molecule has 0 fully saturated rings. The lowest BCUT2D eigenvalue weighted by atomic mass is 10.3. The van der Waals surface area contributed by atoms with Crippen molar-refractivity contribution in [2.75, 3.05) is 20.2 Å². The van der Waals surface area contributed by atoms with Crippen LogP contribution < -0.4 is 5.73 Å². The van der Waals surface area contributed by atoms with Crippen molar-refractivity contribution in [2.24, 2.45) is 5.73 Å². The lowest BCUT2D eigenvalue weighted by Crippen LogP contribution is -2.30. The van der Waals surface area contributed by atoms with Gasteiger partial charge in [0.05, 0.1) is 13.7 Å². The summed E-state index contributed by atoms with van der Waals surface area (Å²) in [6.45, 7) is 2.87. The zero-order chi connectivity index (χ0) is 11.7. The number of nitrogens with two attached hydrogens (primary N) is 1. The number of hydrogen-bond donors (Lipinski definition) is 1. The molecular weight excluding hydrogens is 196 g/mol. The van der Waals surface area contributed by atoms with E-state index >= 15 is 0 Å². The number of esters is 1. The van der Waals surface area contributed by atoms with E-state index in [1.54, 1.807) is 4.90 Å². The first kappa shape index (κ1) is 13.5. The van der Waals surface area contributed by atoms with E-state index in [0.717, 1.165) is 12.8 Å². The average molecular weight is 214 g/mol. The maximum Gasteiger partial charge on any atom is 0.331 e. The highest BCUT2D eigenvalue weighted by molar-refractivity contribution is 5.82. The van der Waals surface area contributed by atoms with Crippen LogP contribution in [-0.2, 0) is 14.3 Å². The van der Waals surface area contributed by atoms with Gasteiger partial charge in [-0.2, -0.15) is 0 Å². The summed E-state index contributed by atoms with van der Waals surface area (Å²) in [4.78, 5) is 23.2. The first-order valence-electron chi connectivity index (χ1n) is 4.88. The molecular formula is C10H18N2O3. The fraction of sp³-hybridized carbons (Fsp3) is 0.600. The van der Waals surface area contributed by atoms with Gasteiger partial charge in [-0.05, 0) is 6.42 Å². The predicted molar refractivity (Wildman–Crippen MR) is 56.8 cm³/mol. The number of carbonyl (C=O) groups excluding carboxylic acids is 2. The van der Waals surface area contributed by atoms with Gasteiger partial charge in [0, 0.05) is 18.8 Å². The molecule has 1 amide bonds. The van der Waals surface area contributed by atoms with E-state index in [9.17, 15) is 9.59 Å². The number of rotatable bonds is 7. The summed E-state index contributed by atoms with van der Waals surface area (Å²) in [5.74, 6) is -0.860. The minimum absolute atomic E-state index is 0.119. The Morgan fingerprint density at radius 1 is 1.47 bits per heavy atom. The summed E-state index contributed by atoms with van der Waals surface area (Å²) in [5, 5.41) is 0. The van der Waals surface area contributed by atoms with Crippen LogP contribution in [0.15, 0.2) is 12.3 Å². The molecule has 2 N–H and O–H groups in total. The molecule has 0 aromatic rings. The number of methoxy groups -OCH3 is 1. The van der Waals surface area contributed by atoms with Gasteiger partial charge in [-0.25, -0.2) is 4.79 Å². The average Bonchev–Trinajstić information content (AvgIpc) is 2.20. The van der Waals surface area contributed by atoms with Crippen LogP contribution in [0.4, 0.5) is 0 Å². The molecule has 0 saturated carbocycles. The van der Waals surface area contributed by atoms with E-state index in [1.807, 2.05) is 6.92 Å². The number of hydrogen-bond acceptors (Lipinski definition) is 4. The third-order valence-electron chi connectivity index (χ3n) is 1.78. The zero-order valence-electron chi connectivity index (χ0n) is 9.23. The predicted octanol–water partition coefficient (Wildman–Crippen LogP) is 0.260. The van der Waals surface area contributed by atoms with E-state index in [-0.39, 0.29) is 6.54 Å². The molecule has 0 rings (SSSR count). The Morgan fingerprint density at radius 2 is 2.13 bits per heavy atom. The van der Waals surface area contributed by atoms with Gasteiger partial charge in [-0.1, -0.05) is 13.3 Å². The molecule has 0 saturated heterocycles. The van der Waals surface area contributed by atoms with Crippen LogP contribution in [0.1, 0.15) is 19.8 Å². The van der Waals surface area contributed by atoms with Crippen molar-refractivity contribution in [3.05, 3.63) is 12.3 Å². The first-order chi connectivity index (χ1) is 7.10. The molecule has 86 valence electrons. The fourth-order valence-corrected chi connectivity index (χ4v) is 1.00. The Hall–Kier alpha value is -1.52. The Kier molecular flexibility index (Phi) is 7.05. The molecule has 0 aromatic carbocycles. The molecule has 0 spiro atoms. The van der Waals surface area contributed by atoms with E-state index in [0.29, 0.717) is 6.54 Å². The lowest BCUT2D eigenvalue weighted by molar-refractivity contribution is -0.135. The number of primary amides is 1. The molecule has 0 aliphatic heterocycles. The van der Waals surface area contributed by atoms with Crippen molar-refractivity contribution in [2.45, 2.75) is 19.8 Å². The van der Waals surface area contributed by atoms with E-state index < -0.39 is 11.9 Å². The SMILES string of the molecule is CCCCN(C=CC(=O)OC)CC(N)=O. The molecule has 0 heterocycles. The molecule has 0 radical (unpaired) electrons. The minimum atomic E-state index is -0.444. The normalized spacial score (nSPS) is 10.3. The second-order valence-electron chi connectivity index (χ2n) is 3.13. The smallest absolute Gasteiger partial charge is 0.331 e. The van der Waals surface area contributed by atoms with Crippen molar-refractivity contribution in [1.29, 1.82) is 0 Å². The largest absolute Gasteiger partial charge is 0.466 e. The monoisotopic (exact) mass is 214 g/mol. The van der Waals surface area contributed by atoms with Gasteiger partial charge in [-0.3, -0.25) is 4.79 Å². The van der Waals surface area contributed by atoms with E-state index in [2.05, 4.69) is 4.74 Å². The topological polar surface area (TPSA) is 72.6 Å². The third-order valence-corrected chi connectivity index (χ3v) is 1.78. The van der Waals surface area contributed by atoms with Gasteiger partial charge in [0.2, 0.25) is 5.91 Å². The molecule has 0 bridgehead atoms. The van der Waals surface area contributed by atoms with Crippen molar-refractivity contribution >= 4 is 11.9 Å². The number of carbonyl (C=O) groups is 2. The summed E-state index contributed by atoms with van der Waals surface area (Å²) in [6.07, 6.45) is 4.77. The van der Waals surface area contributed by atoms with Crippen molar-refractivity contribution in [3.8, 4) is 0 Å². The maximum atomic E-state index is 10.8. The molecule has 5 heteroatoms. The van der Waals surface area contributed by atoms with Crippen LogP contribution in [0.2, 0.25) is 0 Å². The molecule has 5 nitrogen and oxygen atoms in total. The van der Waals surface area contributed by atoms with E-state index in [1.165, 1.54) is 19.4 Å². The zero-order valence-corrected chi connectivity index (χ0v) is 9.23. The molecule has 0 unspecified atom stereocenters. The minimum Gasteiger partial charge on any atom is -0.466 e. The van der Waals surface area contributed by atoms with Gasteiger partial charge in [-0.15, -0.1) is 0 Å². The fourth-order valence-electron chi connectivity index (χ4n) is 1.00. The van der Waals surface area contributed by atoms with Crippen LogP contribution in [-0.4, -0.2) is 37.0 Å². The number of unbranched alkanes of at least 4 members (excludes halogenated alkanes) is 1. The standard InChI is InChI=1S/C10H18N2O3/c1-3-4-6-12(8-9(11)13)7-5-10(14)15-2/h5,7H,3-4,6,8H2,1-2H3,(H2,11,13). The van der Waals surface area contributed by atoms with Crippen molar-refractivity contribution in [3.63, 3.8) is 0 Å². The molecule has 15 heavy (non-hydrogen) atoms. The van der Waals surface area contributed by atoms with Crippen LogP contribution in [0.3, 0.4) is 0 Å². The van der Waals surface area contributed by atoms with Gasteiger partial charge < -0.3 is 15.4 Å². The Balaban J connectivity index is 4.16. The van der Waals surface area contributed by atoms with Gasteiger partial charge in [0.15, 0.2) is 0 Å². The van der Waals surface area contributed by atoms with E-state index in [4.69, 9.17) is 5.73 Å². The second-order valence-corrected chi connectivity index (χ2v) is 3.13. The Morgan fingerprint density at radius 3 is 2.60 bits per heavy atom. The highest BCUT2D eigenvalue weighted by Gasteiger charge is 2.03. The summed E-state index contributed by atoms with van der Waals surface area (Å²) in [7, 11) is 1.30. The Bertz CT molecular complexity index is 239.